The number of nitrogens with one attached hydrogen (secondary N) is 1. The first-order valence-electron chi connectivity index (χ1n) is 5.61. The Bertz CT molecular complexity index is 503. The van der Waals surface area contributed by atoms with E-state index in [2.05, 4.69) is 46.9 Å². The van der Waals surface area contributed by atoms with Crippen molar-refractivity contribution in [3.63, 3.8) is 0 Å². The highest BCUT2D eigenvalue weighted by Gasteiger charge is 2.28. The average molecular weight is 402 g/mol. The summed E-state index contributed by atoms with van der Waals surface area (Å²) in [7, 11) is -2.01. The topological polar surface area (TPSA) is 76.9 Å². The molecule has 0 aromatic carbocycles. The number of rotatable bonds is 3. The van der Waals surface area contributed by atoms with Crippen molar-refractivity contribution < 1.29 is 8.42 Å². The van der Waals surface area contributed by atoms with Crippen LogP contribution in [-0.2, 0) is 17.1 Å². The largest absolute Gasteiger partial charge is 0.260 e. The Balaban J connectivity index is 2.13. The second kappa shape index (κ2) is 5.56. The van der Waals surface area contributed by atoms with Crippen molar-refractivity contribution in [2.75, 3.05) is 0 Å². The average Bonchev–Trinajstić information content (AvgIpc) is 2.62. The summed E-state index contributed by atoms with van der Waals surface area (Å²) in [6.07, 6.45) is 3.66. The number of hydrogen-bond donors (Lipinski definition) is 1. The van der Waals surface area contributed by atoms with Gasteiger partial charge in [-0.25, -0.2) is 17.8 Å². The molecular formula is C9H14Br2N4O2S. The SMILES string of the molecule is Cn1nnc(Br)c1S(=O)(=O)NC1CCC(Br)CC1. The molecule has 1 N–H and O–H groups in total. The Kier molecular flexibility index (Phi) is 4.45. The van der Waals surface area contributed by atoms with Gasteiger partial charge in [-0.15, -0.1) is 5.10 Å². The van der Waals surface area contributed by atoms with E-state index in [1.165, 1.54) is 4.68 Å². The van der Waals surface area contributed by atoms with Gasteiger partial charge in [0, 0.05) is 17.9 Å². The van der Waals surface area contributed by atoms with Gasteiger partial charge in [-0.2, -0.15) is 0 Å². The van der Waals surface area contributed by atoms with E-state index in [-0.39, 0.29) is 15.7 Å². The van der Waals surface area contributed by atoms with E-state index < -0.39 is 10.0 Å². The minimum absolute atomic E-state index is 0.00870. The molecule has 9 heteroatoms. The summed E-state index contributed by atoms with van der Waals surface area (Å²) in [5.41, 5.74) is 0. The van der Waals surface area contributed by atoms with Crippen LogP contribution in [0.5, 0.6) is 0 Å². The van der Waals surface area contributed by atoms with Gasteiger partial charge < -0.3 is 0 Å². The third-order valence-electron chi connectivity index (χ3n) is 2.97. The number of nitrogens with zero attached hydrogens (tertiary/aromatic N) is 3. The van der Waals surface area contributed by atoms with Gasteiger partial charge in [0.1, 0.15) is 0 Å². The Morgan fingerprint density at radius 1 is 1.33 bits per heavy atom. The van der Waals surface area contributed by atoms with Gasteiger partial charge >= 0.3 is 0 Å². The minimum Gasteiger partial charge on any atom is -0.235 e. The summed E-state index contributed by atoms with van der Waals surface area (Å²) in [4.78, 5) is 0.503. The zero-order chi connectivity index (χ0) is 13.3. The molecule has 0 radical (unpaired) electrons. The lowest BCUT2D eigenvalue weighted by molar-refractivity contribution is 0.421. The van der Waals surface area contributed by atoms with Crippen molar-refractivity contribution in [3.8, 4) is 0 Å². The van der Waals surface area contributed by atoms with Crippen molar-refractivity contribution in [3.05, 3.63) is 4.60 Å². The molecule has 6 nitrogen and oxygen atoms in total. The summed E-state index contributed by atoms with van der Waals surface area (Å²) in [6.45, 7) is 0. The zero-order valence-corrected chi connectivity index (χ0v) is 13.8. The lowest BCUT2D eigenvalue weighted by Crippen LogP contribution is -2.38. The van der Waals surface area contributed by atoms with Crippen LogP contribution in [0.2, 0.25) is 0 Å². The molecule has 102 valence electrons. The summed E-state index contributed by atoms with van der Waals surface area (Å²) in [6, 6.07) is -0.00870. The predicted molar refractivity (Wildman–Crippen MR) is 74.0 cm³/mol. The van der Waals surface area contributed by atoms with Gasteiger partial charge in [0.2, 0.25) is 5.03 Å². The molecule has 18 heavy (non-hydrogen) atoms. The van der Waals surface area contributed by atoms with Crippen molar-refractivity contribution in [2.24, 2.45) is 7.05 Å². The maximum Gasteiger partial charge on any atom is 0.260 e. The molecule has 0 atom stereocenters. The van der Waals surface area contributed by atoms with Gasteiger partial charge in [-0.05, 0) is 41.6 Å². The quantitative estimate of drug-likeness (QED) is 0.779. The van der Waals surface area contributed by atoms with Crippen molar-refractivity contribution in [1.82, 2.24) is 19.7 Å². The number of halogens is 2. The highest BCUT2D eigenvalue weighted by atomic mass is 79.9. The standard InChI is InChI=1S/C9H14Br2N4O2S/c1-15-9(8(11)12-14-15)18(16,17)13-7-4-2-6(10)3-5-7/h6-7,13H,2-5H2,1H3. The molecule has 1 heterocycles. The Labute approximate surface area is 123 Å². The molecule has 0 saturated heterocycles. The highest BCUT2D eigenvalue weighted by Crippen LogP contribution is 2.26. The smallest absolute Gasteiger partial charge is 0.235 e. The maximum absolute atomic E-state index is 12.2. The van der Waals surface area contributed by atoms with Crippen LogP contribution in [0.4, 0.5) is 0 Å². The van der Waals surface area contributed by atoms with Gasteiger partial charge in [0.15, 0.2) is 4.60 Å². The van der Waals surface area contributed by atoms with Crippen LogP contribution in [0.3, 0.4) is 0 Å². The van der Waals surface area contributed by atoms with Crippen molar-refractivity contribution in [2.45, 2.75) is 41.6 Å². The molecule has 1 aromatic heterocycles. The third-order valence-corrected chi connectivity index (χ3v) is 6.29. The van der Waals surface area contributed by atoms with Crippen LogP contribution >= 0.6 is 31.9 Å². The van der Waals surface area contributed by atoms with Crippen LogP contribution in [-0.4, -0.2) is 34.3 Å². The van der Waals surface area contributed by atoms with E-state index in [4.69, 9.17) is 0 Å². The first-order chi connectivity index (χ1) is 8.40. The number of alkyl halides is 1. The summed E-state index contributed by atoms with van der Waals surface area (Å²) in [5.74, 6) is 0. The lowest BCUT2D eigenvalue weighted by Gasteiger charge is -2.25. The molecular weight excluding hydrogens is 388 g/mol. The number of sulfonamides is 1. The fraction of sp³-hybridized carbons (Fsp3) is 0.778. The van der Waals surface area contributed by atoms with Crippen LogP contribution in [0, 0.1) is 0 Å². The van der Waals surface area contributed by atoms with Gasteiger partial charge in [0.25, 0.3) is 10.0 Å². The molecule has 0 aliphatic heterocycles. The first kappa shape index (κ1) is 14.4. The fourth-order valence-corrected chi connectivity index (χ4v) is 4.98. The molecule has 1 saturated carbocycles. The number of aryl methyl sites for hydroxylation is 1. The van der Waals surface area contributed by atoms with E-state index in [0.717, 1.165) is 25.7 Å². The number of hydrogen-bond acceptors (Lipinski definition) is 4. The third kappa shape index (κ3) is 3.12. The van der Waals surface area contributed by atoms with Gasteiger partial charge in [0.05, 0.1) is 0 Å². The van der Waals surface area contributed by atoms with E-state index in [1.54, 1.807) is 7.05 Å². The van der Waals surface area contributed by atoms with E-state index >= 15 is 0 Å². The summed E-state index contributed by atoms with van der Waals surface area (Å²) >= 11 is 6.65. The predicted octanol–water partition coefficient (Wildman–Crippen LogP) is 1.56. The molecule has 1 aliphatic rings. The second-order valence-electron chi connectivity index (χ2n) is 4.38. The molecule has 1 aliphatic carbocycles. The molecule has 1 fully saturated rings. The lowest BCUT2D eigenvalue weighted by atomic mass is 9.96. The van der Waals surface area contributed by atoms with Crippen LogP contribution in [0.15, 0.2) is 9.63 Å². The van der Waals surface area contributed by atoms with Crippen LogP contribution in [0.1, 0.15) is 25.7 Å². The molecule has 0 unspecified atom stereocenters. The first-order valence-corrected chi connectivity index (χ1v) is 8.81. The van der Waals surface area contributed by atoms with Gasteiger partial charge in [-0.3, -0.25) is 0 Å². The van der Waals surface area contributed by atoms with Crippen LogP contribution in [0.25, 0.3) is 0 Å². The Hall–Kier alpha value is 0.01000. The monoisotopic (exact) mass is 400 g/mol. The maximum atomic E-state index is 12.2. The second-order valence-corrected chi connectivity index (χ2v) is 8.05. The number of aromatic nitrogens is 3. The van der Waals surface area contributed by atoms with Crippen molar-refractivity contribution >= 4 is 41.9 Å². The highest BCUT2D eigenvalue weighted by molar-refractivity contribution is 9.10. The summed E-state index contributed by atoms with van der Waals surface area (Å²) in [5, 5.41) is 7.44. The molecule has 0 spiro atoms. The van der Waals surface area contributed by atoms with Gasteiger partial charge in [-0.1, -0.05) is 21.1 Å². The summed E-state index contributed by atoms with van der Waals surface area (Å²) < 4.78 is 28.7. The Morgan fingerprint density at radius 3 is 2.44 bits per heavy atom. The van der Waals surface area contributed by atoms with Crippen LogP contribution < -0.4 is 4.72 Å². The molecule has 0 bridgehead atoms. The molecule has 2 rings (SSSR count). The zero-order valence-electron chi connectivity index (χ0n) is 9.81. The normalized spacial score (nSPS) is 25.3. The van der Waals surface area contributed by atoms with E-state index in [1.807, 2.05) is 0 Å². The molecule has 1 aromatic rings. The van der Waals surface area contributed by atoms with E-state index in [9.17, 15) is 8.42 Å². The minimum atomic E-state index is -3.57. The van der Waals surface area contributed by atoms with E-state index in [0.29, 0.717) is 4.83 Å². The molecule has 0 amide bonds. The van der Waals surface area contributed by atoms with Crippen molar-refractivity contribution in [1.29, 1.82) is 0 Å². The fourth-order valence-electron chi connectivity index (χ4n) is 2.05. The Morgan fingerprint density at radius 2 is 1.94 bits per heavy atom.